The summed E-state index contributed by atoms with van der Waals surface area (Å²) in [5.41, 5.74) is 0. The van der Waals surface area contributed by atoms with Crippen LogP contribution in [0.25, 0.3) is 0 Å². The van der Waals surface area contributed by atoms with Crippen LogP contribution < -0.4 is 5.32 Å². The van der Waals surface area contributed by atoms with Crippen molar-refractivity contribution >= 4 is 5.96 Å². The summed E-state index contributed by atoms with van der Waals surface area (Å²) >= 11 is 0. The summed E-state index contributed by atoms with van der Waals surface area (Å²) in [6.45, 7) is 13.4. The van der Waals surface area contributed by atoms with E-state index in [0.29, 0.717) is 6.04 Å². The Morgan fingerprint density at radius 3 is 2.37 bits per heavy atom. The van der Waals surface area contributed by atoms with Crippen LogP contribution in [0.1, 0.15) is 40.0 Å². The Balaban J connectivity index is 1.81. The van der Waals surface area contributed by atoms with E-state index in [1.807, 2.05) is 0 Å². The third-order valence-electron chi connectivity index (χ3n) is 4.04. The van der Waals surface area contributed by atoms with Gasteiger partial charge < -0.3 is 10.2 Å². The lowest BCUT2D eigenvalue weighted by Gasteiger charge is -2.39. The third kappa shape index (κ3) is 4.37. The van der Waals surface area contributed by atoms with Crippen molar-refractivity contribution in [2.75, 3.05) is 39.3 Å². The molecule has 1 aliphatic heterocycles. The molecule has 1 saturated carbocycles. The van der Waals surface area contributed by atoms with Gasteiger partial charge in [0.1, 0.15) is 0 Å². The Bertz CT molecular complexity index is 289. The topological polar surface area (TPSA) is 30.9 Å². The van der Waals surface area contributed by atoms with Crippen LogP contribution in [0.3, 0.4) is 0 Å². The van der Waals surface area contributed by atoms with Crippen LogP contribution in [-0.4, -0.2) is 61.1 Å². The van der Waals surface area contributed by atoms with E-state index in [-0.39, 0.29) is 0 Å². The maximum atomic E-state index is 4.67. The SMILES string of the molecule is CCN=C(NC1CCC1)N1CCN(CC(C)C)CC1. The molecule has 2 aliphatic rings. The number of nitrogens with one attached hydrogen (secondary N) is 1. The van der Waals surface area contributed by atoms with Gasteiger partial charge in [0.2, 0.25) is 0 Å². The van der Waals surface area contributed by atoms with Crippen LogP contribution in [0.2, 0.25) is 0 Å². The first-order valence-electron chi connectivity index (χ1n) is 7.97. The van der Waals surface area contributed by atoms with E-state index in [0.717, 1.165) is 31.5 Å². The molecule has 2 rings (SSSR count). The summed E-state index contributed by atoms with van der Waals surface area (Å²) in [6, 6.07) is 0.680. The van der Waals surface area contributed by atoms with Crippen LogP contribution in [0.4, 0.5) is 0 Å². The molecule has 0 aromatic heterocycles. The molecule has 1 N–H and O–H groups in total. The van der Waals surface area contributed by atoms with Crippen LogP contribution in [0, 0.1) is 5.92 Å². The minimum Gasteiger partial charge on any atom is -0.354 e. The van der Waals surface area contributed by atoms with E-state index in [2.05, 4.69) is 40.9 Å². The number of guanidine groups is 1. The number of rotatable bonds is 4. The van der Waals surface area contributed by atoms with Gasteiger partial charge in [-0.1, -0.05) is 13.8 Å². The van der Waals surface area contributed by atoms with Gasteiger partial charge in [-0.05, 0) is 32.1 Å². The number of hydrogen-bond acceptors (Lipinski definition) is 2. The zero-order chi connectivity index (χ0) is 13.7. The van der Waals surface area contributed by atoms with E-state index >= 15 is 0 Å². The average Bonchev–Trinajstić information content (AvgIpc) is 2.32. The summed E-state index contributed by atoms with van der Waals surface area (Å²) in [4.78, 5) is 9.69. The highest BCUT2D eigenvalue weighted by Gasteiger charge is 2.24. The first-order chi connectivity index (χ1) is 9.19. The fraction of sp³-hybridized carbons (Fsp3) is 0.933. The predicted octanol–water partition coefficient (Wildman–Crippen LogP) is 1.78. The second-order valence-corrected chi connectivity index (χ2v) is 6.25. The zero-order valence-corrected chi connectivity index (χ0v) is 12.9. The second kappa shape index (κ2) is 7.13. The van der Waals surface area contributed by atoms with Crippen molar-refractivity contribution in [3.8, 4) is 0 Å². The molecule has 0 spiro atoms. The van der Waals surface area contributed by atoms with Crippen LogP contribution in [0.5, 0.6) is 0 Å². The second-order valence-electron chi connectivity index (χ2n) is 6.25. The lowest BCUT2D eigenvalue weighted by Crippen LogP contribution is -2.55. The van der Waals surface area contributed by atoms with Crippen molar-refractivity contribution in [2.45, 2.75) is 46.1 Å². The molecule has 1 saturated heterocycles. The van der Waals surface area contributed by atoms with E-state index in [1.54, 1.807) is 0 Å². The van der Waals surface area contributed by atoms with Crippen molar-refractivity contribution in [2.24, 2.45) is 10.9 Å². The predicted molar refractivity (Wildman–Crippen MR) is 81.6 cm³/mol. The molecule has 0 amide bonds. The van der Waals surface area contributed by atoms with Gasteiger partial charge in [-0.15, -0.1) is 0 Å². The fourth-order valence-electron chi connectivity index (χ4n) is 2.78. The molecular formula is C15H30N4. The number of aliphatic imine (C=N–C) groups is 1. The molecule has 1 heterocycles. The summed E-state index contributed by atoms with van der Waals surface area (Å²) in [5.74, 6) is 1.92. The van der Waals surface area contributed by atoms with Crippen molar-refractivity contribution in [3.63, 3.8) is 0 Å². The normalized spacial score (nSPS) is 22.7. The average molecular weight is 266 g/mol. The molecule has 0 atom stereocenters. The molecule has 0 aromatic carbocycles. The van der Waals surface area contributed by atoms with E-state index in [9.17, 15) is 0 Å². The molecule has 4 nitrogen and oxygen atoms in total. The molecular weight excluding hydrogens is 236 g/mol. The van der Waals surface area contributed by atoms with Crippen molar-refractivity contribution in [3.05, 3.63) is 0 Å². The van der Waals surface area contributed by atoms with Crippen molar-refractivity contribution < 1.29 is 0 Å². The van der Waals surface area contributed by atoms with E-state index in [1.165, 1.54) is 38.9 Å². The highest BCUT2D eigenvalue weighted by atomic mass is 15.4. The van der Waals surface area contributed by atoms with Gasteiger partial charge in [0.25, 0.3) is 0 Å². The van der Waals surface area contributed by atoms with Gasteiger partial charge in [-0.25, -0.2) is 0 Å². The molecule has 0 aromatic rings. The minimum atomic E-state index is 0.680. The largest absolute Gasteiger partial charge is 0.354 e. The van der Waals surface area contributed by atoms with Gasteiger partial charge in [0.05, 0.1) is 0 Å². The maximum Gasteiger partial charge on any atom is 0.194 e. The first-order valence-corrected chi connectivity index (χ1v) is 7.97. The summed E-state index contributed by atoms with van der Waals surface area (Å²) < 4.78 is 0. The molecule has 1 aliphatic carbocycles. The maximum absolute atomic E-state index is 4.67. The van der Waals surface area contributed by atoms with Gasteiger partial charge in [0, 0.05) is 45.3 Å². The van der Waals surface area contributed by atoms with Crippen molar-refractivity contribution in [1.82, 2.24) is 15.1 Å². The smallest absolute Gasteiger partial charge is 0.194 e. The molecule has 4 heteroatoms. The lowest BCUT2D eigenvalue weighted by molar-refractivity contribution is 0.162. The number of nitrogens with zero attached hydrogens (tertiary/aromatic N) is 3. The highest BCUT2D eigenvalue weighted by molar-refractivity contribution is 5.80. The zero-order valence-electron chi connectivity index (χ0n) is 12.9. The van der Waals surface area contributed by atoms with E-state index < -0.39 is 0 Å². The molecule has 0 bridgehead atoms. The fourth-order valence-corrected chi connectivity index (χ4v) is 2.78. The molecule has 0 unspecified atom stereocenters. The van der Waals surface area contributed by atoms with Crippen molar-refractivity contribution in [1.29, 1.82) is 0 Å². The molecule has 110 valence electrons. The van der Waals surface area contributed by atoms with Crippen LogP contribution in [0.15, 0.2) is 4.99 Å². The van der Waals surface area contributed by atoms with Crippen LogP contribution >= 0.6 is 0 Å². The first kappa shape index (κ1) is 14.6. The van der Waals surface area contributed by atoms with E-state index in [4.69, 9.17) is 0 Å². The number of piperazine rings is 1. The van der Waals surface area contributed by atoms with Crippen LogP contribution in [-0.2, 0) is 0 Å². The lowest BCUT2D eigenvalue weighted by atomic mass is 9.93. The highest BCUT2D eigenvalue weighted by Crippen LogP contribution is 2.18. The Labute approximate surface area is 118 Å². The monoisotopic (exact) mass is 266 g/mol. The third-order valence-corrected chi connectivity index (χ3v) is 4.04. The quantitative estimate of drug-likeness (QED) is 0.621. The molecule has 19 heavy (non-hydrogen) atoms. The Morgan fingerprint density at radius 1 is 1.21 bits per heavy atom. The summed E-state index contributed by atoms with van der Waals surface area (Å²) in [7, 11) is 0. The Kier molecular flexibility index (Phi) is 5.49. The van der Waals surface area contributed by atoms with Gasteiger partial charge in [0.15, 0.2) is 5.96 Å². The number of hydrogen-bond donors (Lipinski definition) is 1. The van der Waals surface area contributed by atoms with Gasteiger partial charge in [-0.2, -0.15) is 0 Å². The summed E-state index contributed by atoms with van der Waals surface area (Å²) in [6.07, 6.45) is 4.01. The Morgan fingerprint density at radius 2 is 1.89 bits per heavy atom. The summed E-state index contributed by atoms with van der Waals surface area (Å²) in [5, 5.41) is 3.64. The minimum absolute atomic E-state index is 0.680. The van der Waals surface area contributed by atoms with Gasteiger partial charge >= 0.3 is 0 Å². The molecule has 2 fully saturated rings. The Hall–Kier alpha value is -0.770. The standard InChI is InChI=1S/C15H30N4/c1-4-16-15(17-14-6-5-7-14)19-10-8-18(9-11-19)12-13(2)3/h13-14H,4-12H2,1-3H3,(H,16,17). The molecule has 0 radical (unpaired) electrons. The van der Waals surface area contributed by atoms with Gasteiger partial charge in [-0.3, -0.25) is 9.89 Å².